The highest BCUT2D eigenvalue weighted by Crippen LogP contribution is 2.40. The number of carbonyl (C=O) groups excluding carboxylic acids is 1. The molecule has 0 aliphatic heterocycles. The summed E-state index contributed by atoms with van der Waals surface area (Å²) in [6.07, 6.45) is 2.20. The lowest BCUT2D eigenvalue weighted by Gasteiger charge is -2.08. The lowest BCUT2D eigenvalue weighted by Crippen LogP contribution is -2.12. The Morgan fingerprint density at radius 1 is 1.03 bits per heavy atom. The van der Waals surface area contributed by atoms with E-state index in [4.69, 9.17) is 4.52 Å². The van der Waals surface area contributed by atoms with Crippen LogP contribution in [0.15, 0.2) is 53.1 Å². The molecule has 0 bridgehead atoms. The van der Waals surface area contributed by atoms with Gasteiger partial charge in [0.1, 0.15) is 5.76 Å². The Bertz CT molecular complexity index is 1220. The Balaban J connectivity index is 1.21. The zero-order valence-electron chi connectivity index (χ0n) is 17.2. The van der Waals surface area contributed by atoms with E-state index in [0.717, 1.165) is 35.7 Å². The highest BCUT2D eigenvalue weighted by molar-refractivity contribution is 6.02. The Morgan fingerprint density at radius 2 is 1.81 bits per heavy atom. The summed E-state index contributed by atoms with van der Waals surface area (Å²) in [7, 11) is 0. The third kappa shape index (κ3) is 4.16. The molecule has 0 saturated heterocycles. The summed E-state index contributed by atoms with van der Waals surface area (Å²) >= 11 is 0. The molecule has 2 N–H and O–H groups in total. The summed E-state index contributed by atoms with van der Waals surface area (Å²) in [5, 5.41) is 22.8. The van der Waals surface area contributed by atoms with E-state index in [-0.39, 0.29) is 5.91 Å². The summed E-state index contributed by atoms with van der Waals surface area (Å²) in [6, 6.07) is 14.7. The molecule has 3 aromatic heterocycles. The molecule has 31 heavy (non-hydrogen) atoms. The first kappa shape index (κ1) is 19.0. The summed E-state index contributed by atoms with van der Waals surface area (Å²) in [5.74, 6) is 2.19. The predicted octanol–water partition coefficient (Wildman–Crippen LogP) is 4.14. The van der Waals surface area contributed by atoms with Crippen molar-refractivity contribution in [2.45, 2.75) is 32.6 Å². The monoisotopic (exact) mass is 415 g/mol. The summed E-state index contributed by atoms with van der Waals surface area (Å²) in [5.41, 5.74) is 3.71. The molecule has 3 heterocycles. The highest BCUT2D eigenvalue weighted by Gasteiger charge is 2.28. The fourth-order valence-electron chi connectivity index (χ4n) is 3.30. The van der Waals surface area contributed by atoms with Crippen LogP contribution < -0.4 is 10.6 Å². The second-order valence-corrected chi connectivity index (χ2v) is 7.66. The van der Waals surface area contributed by atoms with Crippen molar-refractivity contribution in [3.63, 3.8) is 0 Å². The molecule has 1 fully saturated rings. The van der Waals surface area contributed by atoms with Crippen LogP contribution in [0, 0.1) is 13.8 Å². The normalized spacial score (nSPS) is 13.2. The van der Waals surface area contributed by atoms with Crippen LogP contribution in [-0.4, -0.2) is 31.0 Å². The van der Waals surface area contributed by atoms with Gasteiger partial charge in [-0.25, -0.2) is 4.68 Å². The van der Waals surface area contributed by atoms with Gasteiger partial charge in [0.05, 0.1) is 5.69 Å². The van der Waals surface area contributed by atoms with Gasteiger partial charge in [0, 0.05) is 29.1 Å². The van der Waals surface area contributed by atoms with Gasteiger partial charge in [-0.1, -0.05) is 5.16 Å². The number of aromatic nitrogens is 5. The van der Waals surface area contributed by atoms with E-state index in [1.54, 1.807) is 22.9 Å². The van der Waals surface area contributed by atoms with Crippen LogP contribution in [0.3, 0.4) is 0 Å². The maximum absolute atomic E-state index is 12.3. The van der Waals surface area contributed by atoms with Crippen molar-refractivity contribution in [2.24, 2.45) is 0 Å². The SMILES string of the molecule is Cc1cc(C)n(-c2ccc(Nc3ccc(NC(=O)c4cc(C5CC5)on4)cc3)nn2)n1. The van der Waals surface area contributed by atoms with Crippen molar-refractivity contribution >= 4 is 23.1 Å². The second-order valence-electron chi connectivity index (χ2n) is 7.66. The van der Waals surface area contributed by atoms with Gasteiger partial charge in [0.15, 0.2) is 17.3 Å². The van der Waals surface area contributed by atoms with Crippen LogP contribution in [0.5, 0.6) is 0 Å². The number of aryl methyl sites for hydroxylation is 2. The van der Waals surface area contributed by atoms with Gasteiger partial charge < -0.3 is 15.2 Å². The molecule has 5 rings (SSSR count). The zero-order valence-corrected chi connectivity index (χ0v) is 17.2. The van der Waals surface area contributed by atoms with Gasteiger partial charge in [-0.2, -0.15) is 5.10 Å². The van der Waals surface area contributed by atoms with Crippen molar-refractivity contribution in [2.75, 3.05) is 10.6 Å². The molecule has 9 nitrogen and oxygen atoms in total. The Labute approximate surface area is 178 Å². The van der Waals surface area contributed by atoms with Crippen molar-refractivity contribution in [3.05, 3.63) is 71.4 Å². The van der Waals surface area contributed by atoms with E-state index in [0.29, 0.717) is 28.9 Å². The minimum Gasteiger partial charge on any atom is -0.360 e. The molecule has 0 spiro atoms. The molecule has 1 amide bonds. The number of anilines is 3. The molecular formula is C22H21N7O2. The van der Waals surface area contributed by atoms with Crippen molar-refractivity contribution < 1.29 is 9.32 Å². The maximum atomic E-state index is 12.3. The number of rotatable bonds is 6. The van der Waals surface area contributed by atoms with Crippen molar-refractivity contribution in [1.82, 2.24) is 25.1 Å². The molecule has 0 atom stereocenters. The van der Waals surface area contributed by atoms with Crippen LogP contribution in [0.1, 0.15) is 46.4 Å². The van der Waals surface area contributed by atoms with E-state index in [9.17, 15) is 4.79 Å². The van der Waals surface area contributed by atoms with Crippen LogP contribution in [0.2, 0.25) is 0 Å². The van der Waals surface area contributed by atoms with Crippen LogP contribution in [-0.2, 0) is 0 Å². The van der Waals surface area contributed by atoms with Gasteiger partial charge in [0.25, 0.3) is 5.91 Å². The molecule has 0 unspecified atom stereocenters. The van der Waals surface area contributed by atoms with Gasteiger partial charge >= 0.3 is 0 Å². The molecule has 0 radical (unpaired) electrons. The number of nitrogens with zero attached hydrogens (tertiary/aromatic N) is 5. The topological polar surface area (TPSA) is 111 Å². The van der Waals surface area contributed by atoms with Crippen LogP contribution in [0.4, 0.5) is 17.2 Å². The van der Waals surface area contributed by atoms with Gasteiger partial charge in [-0.3, -0.25) is 4.79 Å². The molecule has 1 aliphatic rings. The largest absolute Gasteiger partial charge is 0.360 e. The third-order valence-electron chi connectivity index (χ3n) is 5.03. The number of hydrogen-bond donors (Lipinski definition) is 2. The summed E-state index contributed by atoms with van der Waals surface area (Å²) < 4.78 is 6.99. The second kappa shape index (κ2) is 7.67. The fourth-order valence-corrected chi connectivity index (χ4v) is 3.30. The smallest absolute Gasteiger partial charge is 0.277 e. The van der Waals surface area contributed by atoms with E-state index in [1.807, 2.05) is 44.2 Å². The molecule has 4 aromatic rings. The minimum absolute atomic E-state index is 0.290. The lowest BCUT2D eigenvalue weighted by atomic mass is 10.2. The zero-order chi connectivity index (χ0) is 21.4. The molecule has 156 valence electrons. The minimum atomic E-state index is -0.290. The van der Waals surface area contributed by atoms with E-state index >= 15 is 0 Å². The third-order valence-corrected chi connectivity index (χ3v) is 5.03. The predicted molar refractivity (Wildman–Crippen MR) is 115 cm³/mol. The number of carbonyl (C=O) groups is 1. The number of amides is 1. The van der Waals surface area contributed by atoms with Crippen molar-refractivity contribution in [3.8, 4) is 5.82 Å². The molecule has 1 aromatic carbocycles. The average molecular weight is 415 g/mol. The number of nitrogens with one attached hydrogen (secondary N) is 2. The van der Waals surface area contributed by atoms with Crippen molar-refractivity contribution in [1.29, 1.82) is 0 Å². The van der Waals surface area contributed by atoms with E-state index in [2.05, 4.69) is 31.1 Å². The first-order chi connectivity index (χ1) is 15.0. The number of benzene rings is 1. The van der Waals surface area contributed by atoms with Crippen LogP contribution in [0.25, 0.3) is 5.82 Å². The van der Waals surface area contributed by atoms with Crippen LogP contribution >= 0.6 is 0 Å². The van der Waals surface area contributed by atoms with Gasteiger partial charge in [-0.05, 0) is 69.2 Å². The standard InChI is InChI=1S/C22H21N7O2/c1-13-11-14(2)29(27-13)21-10-9-20(25-26-21)23-16-5-7-17(8-6-16)24-22(30)18-12-19(31-28-18)15-3-4-15/h5-12,15H,3-4H2,1-2H3,(H,23,25)(H,24,30). The van der Waals surface area contributed by atoms with Gasteiger partial charge in [0.2, 0.25) is 0 Å². The molecule has 1 aliphatic carbocycles. The average Bonchev–Trinajstić information content (AvgIpc) is 3.39. The van der Waals surface area contributed by atoms with Gasteiger partial charge in [-0.15, -0.1) is 10.2 Å². The quantitative estimate of drug-likeness (QED) is 0.487. The van der Waals surface area contributed by atoms with E-state index < -0.39 is 0 Å². The first-order valence-corrected chi connectivity index (χ1v) is 10.1. The van der Waals surface area contributed by atoms with E-state index in [1.165, 1.54) is 0 Å². The fraction of sp³-hybridized carbons (Fsp3) is 0.227. The lowest BCUT2D eigenvalue weighted by molar-refractivity contribution is 0.101. The molecule has 1 saturated carbocycles. The first-order valence-electron chi connectivity index (χ1n) is 10.1. The Morgan fingerprint density at radius 3 is 2.45 bits per heavy atom. The summed E-state index contributed by atoms with van der Waals surface area (Å²) in [6.45, 7) is 3.92. The molecule has 9 heteroatoms. The summed E-state index contributed by atoms with van der Waals surface area (Å²) in [4.78, 5) is 12.3. The Kier molecular flexibility index (Phi) is 4.70. The number of hydrogen-bond acceptors (Lipinski definition) is 7. The molecular weight excluding hydrogens is 394 g/mol. The maximum Gasteiger partial charge on any atom is 0.277 e. The Hall–Kier alpha value is -4.01. The highest BCUT2D eigenvalue weighted by atomic mass is 16.5.